The van der Waals surface area contributed by atoms with Crippen LogP contribution < -0.4 is 25.5 Å². The van der Waals surface area contributed by atoms with Gasteiger partial charge in [-0.1, -0.05) is 66.7 Å². The number of rotatable bonds is 13. The van der Waals surface area contributed by atoms with Gasteiger partial charge in [-0.15, -0.1) is 0 Å². The summed E-state index contributed by atoms with van der Waals surface area (Å²) in [6, 6.07) is 31.1. The maximum absolute atomic E-state index is 13.0. The van der Waals surface area contributed by atoms with Crippen LogP contribution in [0.15, 0.2) is 126 Å². The Labute approximate surface area is 310 Å². The van der Waals surface area contributed by atoms with Crippen LogP contribution in [-0.2, 0) is 14.3 Å². The number of benzene rings is 4. The van der Waals surface area contributed by atoms with Crippen LogP contribution in [0, 0.1) is 10.1 Å². The van der Waals surface area contributed by atoms with Gasteiger partial charge in [-0.05, 0) is 60.9 Å². The Morgan fingerprint density at radius 1 is 0.944 bits per heavy atom. The number of ether oxygens (including phenoxy) is 3. The predicted molar refractivity (Wildman–Crippen MR) is 201 cm³/mol. The molecule has 3 N–H and O–H groups in total. The van der Waals surface area contributed by atoms with Crippen molar-refractivity contribution in [3.63, 3.8) is 0 Å². The zero-order chi connectivity index (χ0) is 38.2. The third-order valence-electron chi connectivity index (χ3n) is 8.50. The molecule has 0 aliphatic carbocycles. The molecule has 2 heterocycles. The average Bonchev–Trinajstić information content (AvgIpc) is 3.56. The molecule has 0 radical (unpaired) electrons. The van der Waals surface area contributed by atoms with Crippen molar-refractivity contribution in [2.45, 2.75) is 19.9 Å². The van der Waals surface area contributed by atoms with Gasteiger partial charge >= 0.3 is 12.0 Å². The fraction of sp³-hybridized carbons (Fsp3) is 0.150. The largest absolute Gasteiger partial charge is 0.493 e. The van der Waals surface area contributed by atoms with E-state index in [9.17, 15) is 24.5 Å². The number of methoxy groups -OCH3 is 1. The highest BCUT2D eigenvalue weighted by molar-refractivity contribution is 5.95. The van der Waals surface area contributed by atoms with E-state index < -0.39 is 35.5 Å². The molecule has 0 bridgehead atoms. The van der Waals surface area contributed by atoms with Gasteiger partial charge < -0.3 is 29.4 Å². The lowest BCUT2D eigenvalue weighted by atomic mass is 9.95. The van der Waals surface area contributed by atoms with Crippen LogP contribution in [0.3, 0.4) is 0 Å². The predicted octanol–water partition coefficient (Wildman–Crippen LogP) is 6.45. The molecule has 274 valence electrons. The molecule has 1 aliphatic rings. The minimum Gasteiger partial charge on any atom is -0.493 e. The summed E-state index contributed by atoms with van der Waals surface area (Å²) < 4.78 is 18.5. The van der Waals surface area contributed by atoms with Gasteiger partial charge in [0.15, 0.2) is 18.1 Å². The lowest BCUT2D eigenvalue weighted by Crippen LogP contribution is -2.45. The SMILES string of the molecule is CCOC(=O)C1=C(C)NC(=O)N[C@@H]1c1ccc(OCC(=O)N/N=C\c2cc(-c3ccccc3)n(-c3ccc([N+](=O)[O-])cc3)c2-c2ccccc2)c(OC)c1. The average molecular weight is 729 g/mol. The number of hydrogen-bond acceptors (Lipinski definition) is 9. The van der Waals surface area contributed by atoms with Crippen LogP contribution in [0.4, 0.5) is 10.5 Å². The second-order valence-electron chi connectivity index (χ2n) is 12.0. The standard InChI is InChI=1S/C40H36N6O8/c1-4-53-39(48)36-25(2)42-40(49)43-37(36)28-15-20-33(34(22-28)52-3)54-24-35(47)44-41-23-29-21-32(26-11-7-5-8-12-26)45(38(29)27-13-9-6-10-14-27)30-16-18-31(19-17-30)46(50)51/h5-23,37H,4,24H2,1-3H3,(H,44,47)(H2,42,43,49)/b41-23-/t37-/m1/s1. The summed E-state index contributed by atoms with van der Waals surface area (Å²) in [4.78, 5) is 49.0. The number of carbonyl (C=O) groups excluding carboxylic acids is 3. The topological polar surface area (TPSA) is 175 Å². The van der Waals surface area contributed by atoms with Crippen molar-refractivity contribution in [1.82, 2.24) is 20.6 Å². The molecule has 0 spiro atoms. The van der Waals surface area contributed by atoms with Gasteiger partial charge in [0.2, 0.25) is 0 Å². The van der Waals surface area contributed by atoms with E-state index in [1.54, 1.807) is 44.2 Å². The molecule has 54 heavy (non-hydrogen) atoms. The Bertz CT molecular complexity index is 2250. The van der Waals surface area contributed by atoms with Crippen molar-refractivity contribution in [2.24, 2.45) is 5.10 Å². The smallest absolute Gasteiger partial charge is 0.338 e. The fourth-order valence-corrected chi connectivity index (χ4v) is 6.09. The van der Waals surface area contributed by atoms with E-state index in [1.165, 1.54) is 25.5 Å². The summed E-state index contributed by atoms with van der Waals surface area (Å²) in [7, 11) is 1.43. The van der Waals surface area contributed by atoms with Gasteiger partial charge in [-0.2, -0.15) is 5.10 Å². The lowest BCUT2D eigenvalue weighted by Gasteiger charge is -2.28. The Morgan fingerprint density at radius 2 is 1.63 bits per heavy atom. The number of hydrogen-bond donors (Lipinski definition) is 3. The summed E-state index contributed by atoms with van der Waals surface area (Å²) in [6.45, 7) is 3.07. The van der Waals surface area contributed by atoms with Crippen LogP contribution in [-0.4, -0.2) is 53.9 Å². The van der Waals surface area contributed by atoms with E-state index in [1.807, 2.05) is 71.3 Å². The zero-order valence-corrected chi connectivity index (χ0v) is 29.6. The molecule has 5 aromatic rings. The summed E-state index contributed by atoms with van der Waals surface area (Å²) in [5.74, 6) is -0.603. The quantitative estimate of drug-likeness (QED) is 0.0537. The maximum Gasteiger partial charge on any atom is 0.338 e. The molecule has 3 amide bonds. The van der Waals surface area contributed by atoms with Crippen LogP contribution in [0.2, 0.25) is 0 Å². The third kappa shape index (κ3) is 7.97. The number of urea groups is 1. The van der Waals surface area contributed by atoms with Crippen molar-refractivity contribution in [3.05, 3.63) is 142 Å². The Morgan fingerprint density at radius 3 is 2.28 bits per heavy atom. The molecule has 0 unspecified atom stereocenters. The molecule has 6 rings (SSSR count). The number of nitrogens with one attached hydrogen (secondary N) is 3. The number of nitro benzene ring substituents is 1. The number of nitro groups is 1. The van der Waals surface area contributed by atoms with E-state index in [-0.39, 0.29) is 29.4 Å². The highest BCUT2D eigenvalue weighted by Crippen LogP contribution is 2.37. The molecule has 0 saturated carbocycles. The number of carbonyl (C=O) groups is 3. The summed E-state index contributed by atoms with van der Waals surface area (Å²) in [5.41, 5.74) is 8.33. The van der Waals surface area contributed by atoms with Crippen LogP contribution >= 0.6 is 0 Å². The molecule has 1 aliphatic heterocycles. The highest BCUT2D eigenvalue weighted by Gasteiger charge is 2.32. The third-order valence-corrected chi connectivity index (χ3v) is 8.50. The Hall–Kier alpha value is -7.22. The van der Waals surface area contributed by atoms with E-state index in [0.717, 1.165) is 22.5 Å². The fourth-order valence-electron chi connectivity index (χ4n) is 6.09. The first-order valence-electron chi connectivity index (χ1n) is 16.9. The zero-order valence-electron chi connectivity index (χ0n) is 29.6. The number of hydrazone groups is 1. The van der Waals surface area contributed by atoms with Crippen LogP contribution in [0.25, 0.3) is 28.2 Å². The monoisotopic (exact) mass is 728 g/mol. The molecular formula is C40H36N6O8. The normalized spacial score (nSPS) is 13.9. The number of nitrogens with zero attached hydrogens (tertiary/aromatic N) is 3. The van der Waals surface area contributed by atoms with E-state index in [0.29, 0.717) is 22.5 Å². The second kappa shape index (κ2) is 16.4. The molecule has 1 aromatic heterocycles. The molecule has 14 heteroatoms. The molecule has 14 nitrogen and oxygen atoms in total. The highest BCUT2D eigenvalue weighted by atomic mass is 16.6. The van der Waals surface area contributed by atoms with Crippen molar-refractivity contribution < 1.29 is 33.5 Å². The van der Waals surface area contributed by atoms with Crippen LogP contribution in [0.5, 0.6) is 11.5 Å². The second-order valence-corrected chi connectivity index (χ2v) is 12.0. The van der Waals surface area contributed by atoms with Crippen molar-refractivity contribution >= 4 is 29.8 Å². The minimum absolute atomic E-state index is 0.0284. The summed E-state index contributed by atoms with van der Waals surface area (Å²) in [5, 5.41) is 21.0. The molecular weight excluding hydrogens is 692 g/mol. The number of amides is 3. The lowest BCUT2D eigenvalue weighted by molar-refractivity contribution is -0.384. The number of allylic oxidation sites excluding steroid dienone is 1. The van der Waals surface area contributed by atoms with Gasteiger partial charge in [0.05, 0.1) is 47.9 Å². The van der Waals surface area contributed by atoms with Crippen molar-refractivity contribution in [2.75, 3.05) is 20.3 Å². The number of esters is 1. The Kier molecular flexibility index (Phi) is 11.1. The van der Waals surface area contributed by atoms with Gasteiger partial charge in [0.1, 0.15) is 0 Å². The van der Waals surface area contributed by atoms with Gasteiger partial charge in [-0.25, -0.2) is 15.0 Å². The van der Waals surface area contributed by atoms with Crippen molar-refractivity contribution in [1.29, 1.82) is 0 Å². The molecule has 4 aromatic carbocycles. The molecule has 0 saturated heterocycles. The van der Waals surface area contributed by atoms with Gasteiger partial charge in [0, 0.05) is 29.1 Å². The summed E-state index contributed by atoms with van der Waals surface area (Å²) >= 11 is 0. The van der Waals surface area contributed by atoms with Crippen molar-refractivity contribution in [3.8, 4) is 39.7 Å². The summed E-state index contributed by atoms with van der Waals surface area (Å²) in [6.07, 6.45) is 1.54. The number of non-ortho nitro benzene ring substituents is 1. The molecule has 0 fully saturated rings. The van der Waals surface area contributed by atoms with E-state index in [4.69, 9.17) is 14.2 Å². The first-order chi connectivity index (χ1) is 26.2. The maximum atomic E-state index is 13.0. The number of aromatic nitrogens is 1. The van der Waals surface area contributed by atoms with Gasteiger partial charge in [-0.3, -0.25) is 14.9 Å². The van der Waals surface area contributed by atoms with Crippen LogP contribution in [0.1, 0.15) is 31.0 Å². The first-order valence-corrected chi connectivity index (χ1v) is 16.9. The minimum atomic E-state index is -0.808. The first kappa shape index (κ1) is 36.6. The van der Waals surface area contributed by atoms with E-state index in [2.05, 4.69) is 21.2 Å². The Balaban J connectivity index is 1.24. The molecule has 1 atom stereocenters. The van der Waals surface area contributed by atoms with E-state index >= 15 is 0 Å². The van der Waals surface area contributed by atoms with Gasteiger partial charge in [0.25, 0.3) is 11.6 Å².